The number of furan rings is 1. The van der Waals surface area contributed by atoms with E-state index in [1.807, 2.05) is 13.8 Å². The summed E-state index contributed by atoms with van der Waals surface area (Å²) in [5.41, 5.74) is 3.38. The Kier molecular flexibility index (Phi) is 6.15. The number of hydrogen-bond donors (Lipinski definition) is 1. The average molecular weight is 510 g/mol. The Balaban J connectivity index is 1.38. The first-order valence-electron chi connectivity index (χ1n) is 13.5. The van der Waals surface area contributed by atoms with Crippen LogP contribution < -0.4 is 0 Å². The van der Waals surface area contributed by atoms with E-state index in [-0.39, 0.29) is 35.8 Å². The third-order valence-electron chi connectivity index (χ3n) is 8.76. The summed E-state index contributed by atoms with van der Waals surface area (Å²) in [4.78, 5) is 45.4. The minimum Gasteiger partial charge on any atom is -0.481 e. The van der Waals surface area contributed by atoms with Crippen LogP contribution in [0.4, 0.5) is 0 Å². The minimum absolute atomic E-state index is 0.0331. The van der Waals surface area contributed by atoms with Gasteiger partial charge in [0, 0.05) is 49.3 Å². The van der Waals surface area contributed by atoms with Gasteiger partial charge in [0.15, 0.2) is 11.3 Å². The van der Waals surface area contributed by atoms with Gasteiger partial charge < -0.3 is 19.3 Å². The molecule has 1 spiro atoms. The standard InChI is InChI=1S/C29H39N3O5/c1-27(2,3)19-13-20(18-15-29(16-18)9-6-10-29)30-21-14-22(37-25(19)21)26(36)32-12-11-31(17-28(32,4)5)23(33)7-8-24(34)35/h13-14,18H,6-12,15-17H2,1-5H3,(H,34,35). The summed E-state index contributed by atoms with van der Waals surface area (Å²) in [6.45, 7) is 11.4. The highest BCUT2D eigenvalue weighted by atomic mass is 16.4. The molecule has 1 saturated heterocycles. The third kappa shape index (κ3) is 4.75. The first kappa shape index (κ1) is 25.7. The smallest absolute Gasteiger partial charge is 0.303 e. The van der Waals surface area contributed by atoms with Crippen molar-refractivity contribution in [1.29, 1.82) is 0 Å². The largest absolute Gasteiger partial charge is 0.481 e. The molecule has 0 bridgehead atoms. The summed E-state index contributed by atoms with van der Waals surface area (Å²) in [6, 6.07) is 3.98. The van der Waals surface area contributed by atoms with Crippen molar-refractivity contribution in [2.75, 3.05) is 19.6 Å². The minimum atomic E-state index is -0.988. The van der Waals surface area contributed by atoms with E-state index in [1.165, 1.54) is 32.1 Å². The van der Waals surface area contributed by atoms with Crippen molar-refractivity contribution in [2.45, 2.75) is 96.4 Å². The molecular formula is C29H39N3O5. The molecule has 2 aromatic heterocycles. The summed E-state index contributed by atoms with van der Waals surface area (Å²) in [7, 11) is 0. The number of carbonyl (C=O) groups is 3. The van der Waals surface area contributed by atoms with Gasteiger partial charge in [-0.25, -0.2) is 4.98 Å². The van der Waals surface area contributed by atoms with Crippen LogP contribution in [0.5, 0.6) is 0 Å². The maximum absolute atomic E-state index is 13.7. The van der Waals surface area contributed by atoms with Gasteiger partial charge in [0.2, 0.25) is 5.91 Å². The highest BCUT2D eigenvalue weighted by Crippen LogP contribution is 2.61. The molecule has 1 N–H and O–H groups in total. The van der Waals surface area contributed by atoms with Crippen LogP contribution in [0, 0.1) is 5.41 Å². The van der Waals surface area contributed by atoms with E-state index >= 15 is 0 Å². The molecule has 200 valence electrons. The number of carboxylic acid groups (broad SMARTS) is 1. The Morgan fingerprint density at radius 3 is 2.38 bits per heavy atom. The number of amides is 2. The average Bonchev–Trinajstić information content (AvgIpc) is 3.17. The van der Waals surface area contributed by atoms with Crippen LogP contribution in [-0.4, -0.2) is 62.8 Å². The third-order valence-corrected chi connectivity index (χ3v) is 8.76. The second kappa shape index (κ2) is 8.84. The molecule has 2 aromatic rings. The van der Waals surface area contributed by atoms with Crippen LogP contribution in [0.2, 0.25) is 0 Å². The summed E-state index contributed by atoms with van der Waals surface area (Å²) < 4.78 is 6.23. The number of piperazine rings is 1. The van der Waals surface area contributed by atoms with E-state index in [1.54, 1.807) is 15.9 Å². The van der Waals surface area contributed by atoms with Gasteiger partial charge in [-0.3, -0.25) is 14.4 Å². The van der Waals surface area contributed by atoms with Gasteiger partial charge in [0.1, 0.15) is 5.52 Å². The summed E-state index contributed by atoms with van der Waals surface area (Å²) >= 11 is 0. The number of aromatic nitrogens is 1. The maximum Gasteiger partial charge on any atom is 0.303 e. The van der Waals surface area contributed by atoms with E-state index in [0.29, 0.717) is 36.6 Å². The number of hydrogen-bond acceptors (Lipinski definition) is 5. The van der Waals surface area contributed by atoms with E-state index in [4.69, 9.17) is 14.5 Å². The fourth-order valence-electron chi connectivity index (χ4n) is 6.44. The van der Waals surface area contributed by atoms with Crippen molar-refractivity contribution < 1.29 is 23.9 Å². The molecule has 5 rings (SSSR count). The van der Waals surface area contributed by atoms with Crippen LogP contribution >= 0.6 is 0 Å². The van der Waals surface area contributed by atoms with Gasteiger partial charge in [0.25, 0.3) is 5.91 Å². The number of nitrogens with zero attached hydrogens (tertiary/aromatic N) is 3. The quantitative estimate of drug-likeness (QED) is 0.601. The zero-order valence-corrected chi connectivity index (χ0v) is 22.7. The molecule has 37 heavy (non-hydrogen) atoms. The Labute approximate surface area is 218 Å². The molecule has 0 aromatic carbocycles. The normalized spacial score (nSPS) is 21.1. The number of rotatable bonds is 5. The SMILES string of the molecule is CC(C)(C)c1cc(C2CC3(CCC3)C2)nc2cc(C(=O)N3CCN(C(=O)CCC(=O)O)CC3(C)C)oc12. The van der Waals surface area contributed by atoms with Crippen molar-refractivity contribution in [3.63, 3.8) is 0 Å². The molecule has 0 unspecified atom stereocenters. The predicted octanol–water partition coefficient (Wildman–Crippen LogP) is 5.10. The lowest BCUT2D eigenvalue weighted by molar-refractivity contribution is -0.142. The Morgan fingerprint density at radius 2 is 1.81 bits per heavy atom. The molecule has 2 saturated carbocycles. The van der Waals surface area contributed by atoms with Crippen LogP contribution in [0.3, 0.4) is 0 Å². The van der Waals surface area contributed by atoms with E-state index < -0.39 is 11.5 Å². The molecule has 0 radical (unpaired) electrons. The van der Waals surface area contributed by atoms with Gasteiger partial charge in [-0.05, 0) is 56.4 Å². The van der Waals surface area contributed by atoms with E-state index in [0.717, 1.165) is 16.8 Å². The van der Waals surface area contributed by atoms with Crippen LogP contribution in [0.1, 0.15) is 107 Å². The molecule has 8 heteroatoms. The fourth-order valence-corrected chi connectivity index (χ4v) is 6.44. The van der Waals surface area contributed by atoms with Crippen molar-refractivity contribution >= 4 is 28.9 Å². The van der Waals surface area contributed by atoms with Gasteiger partial charge in [0.05, 0.1) is 12.0 Å². The highest BCUT2D eigenvalue weighted by molar-refractivity contribution is 5.96. The molecule has 1 aliphatic heterocycles. The van der Waals surface area contributed by atoms with Crippen LogP contribution in [0.25, 0.3) is 11.1 Å². The number of fused-ring (bicyclic) bond motifs is 1. The first-order valence-corrected chi connectivity index (χ1v) is 13.5. The Hall–Kier alpha value is -2.90. The monoisotopic (exact) mass is 509 g/mol. The van der Waals surface area contributed by atoms with Crippen molar-refractivity contribution in [3.8, 4) is 0 Å². The maximum atomic E-state index is 13.7. The zero-order chi connectivity index (χ0) is 26.8. The molecule has 0 atom stereocenters. The molecule has 2 aliphatic carbocycles. The molecule has 8 nitrogen and oxygen atoms in total. The molecule has 2 amide bonds. The van der Waals surface area contributed by atoms with Gasteiger partial charge in [-0.1, -0.05) is 27.2 Å². The zero-order valence-electron chi connectivity index (χ0n) is 22.7. The van der Waals surface area contributed by atoms with Crippen LogP contribution in [-0.2, 0) is 15.0 Å². The number of carbonyl (C=O) groups excluding carboxylic acids is 2. The molecule has 3 heterocycles. The van der Waals surface area contributed by atoms with Crippen molar-refractivity contribution in [2.24, 2.45) is 5.41 Å². The van der Waals surface area contributed by atoms with E-state index in [2.05, 4.69) is 26.8 Å². The Morgan fingerprint density at radius 1 is 1.11 bits per heavy atom. The number of pyridine rings is 1. The highest BCUT2D eigenvalue weighted by Gasteiger charge is 2.49. The topological polar surface area (TPSA) is 104 Å². The number of aliphatic carboxylic acids is 1. The summed E-state index contributed by atoms with van der Waals surface area (Å²) in [6.07, 6.45) is 6.23. The van der Waals surface area contributed by atoms with E-state index in [9.17, 15) is 14.4 Å². The molecule has 3 aliphatic rings. The van der Waals surface area contributed by atoms with Crippen molar-refractivity contribution in [1.82, 2.24) is 14.8 Å². The molecular weight excluding hydrogens is 470 g/mol. The predicted molar refractivity (Wildman–Crippen MR) is 140 cm³/mol. The number of carboxylic acids is 1. The lowest BCUT2D eigenvalue weighted by Crippen LogP contribution is -2.62. The second-order valence-electron chi connectivity index (χ2n) is 13.1. The lowest BCUT2D eigenvalue weighted by atomic mass is 9.51. The second-order valence-corrected chi connectivity index (χ2v) is 13.1. The Bertz CT molecular complexity index is 1240. The van der Waals surface area contributed by atoms with Crippen LogP contribution in [0.15, 0.2) is 16.5 Å². The van der Waals surface area contributed by atoms with Gasteiger partial charge >= 0.3 is 5.97 Å². The molecule has 3 fully saturated rings. The fraction of sp³-hybridized carbons (Fsp3) is 0.655. The lowest BCUT2D eigenvalue weighted by Gasteiger charge is -2.54. The summed E-state index contributed by atoms with van der Waals surface area (Å²) in [5.74, 6) is -0.646. The van der Waals surface area contributed by atoms with Gasteiger partial charge in [-0.2, -0.15) is 0 Å². The van der Waals surface area contributed by atoms with Crippen molar-refractivity contribution in [3.05, 3.63) is 29.2 Å². The van der Waals surface area contributed by atoms with Gasteiger partial charge in [-0.15, -0.1) is 0 Å². The summed E-state index contributed by atoms with van der Waals surface area (Å²) in [5, 5.41) is 8.90. The first-order chi connectivity index (χ1) is 17.3.